The standard InChI is InChI=1S/C23H34ClFN4O4/c1-2-3-4-5-6-7-8-9-10-11-17(31)26-20-15-12-13-29(21(15)28-23(24)27-20)22-18(25)19(32)16(14-30)33-22/h12-13,16,18-19,22,30,32H,2-11,14H2,1H3,(H,26,27,28,31)/t16-,18-,19?,22-/m1/s1. The lowest BCUT2D eigenvalue weighted by Gasteiger charge is -2.16. The minimum absolute atomic E-state index is 0.103. The van der Waals surface area contributed by atoms with Crippen LogP contribution in [0.25, 0.3) is 11.0 Å². The number of amides is 1. The number of ether oxygens (including phenoxy) is 1. The van der Waals surface area contributed by atoms with Gasteiger partial charge in [0.2, 0.25) is 11.2 Å². The molecule has 184 valence electrons. The third-order valence-corrected chi connectivity index (χ3v) is 6.23. The van der Waals surface area contributed by atoms with Crippen molar-refractivity contribution in [1.82, 2.24) is 14.5 Å². The number of rotatable bonds is 13. The van der Waals surface area contributed by atoms with Gasteiger partial charge in [0.25, 0.3) is 0 Å². The molecule has 1 unspecified atom stereocenters. The van der Waals surface area contributed by atoms with Crippen molar-refractivity contribution >= 4 is 34.4 Å². The van der Waals surface area contributed by atoms with Crippen molar-refractivity contribution in [1.29, 1.82) is 0 Å². The van der Waals surface area contributed by atoms with Gasteiger partial charge in [-0.05, 0) is 24.1 Å². The smallest absolute Gasteiger partial charge is 0.226 e. The van der Waals surface area contributed by atoms with E-state index in [0.717, 1.165) is 19.3 Å². The minimum Gasteiger partial charge on any atom is -0.394 e. The van der Waals surface area contributed by atoms with Gasteiger partial charge in [-0.15, -0.1) is 0 Å². The van der Waals surface area contributed by atoms with E-state index in [1.165, 1.54) is 49.3 Å². The molecule has 0 bridgehead atoms. The quantitative estimate of drug-likeness (QED) is 0.284. The van der Waals surface area contributed by atoms with E-state index in [9.17, 15) is 19.4 Å². The van der Waals surface area contributed by atoms with Gasteiger partial charge in [0, 0.05) is 12.6 Å². The molecule has 1 aliphatic heterocycles. The molecule has 0 aliphatic carbocycles. The van der Waals surface area contributed by atoms with Gasteiger partial charge in [0.15, 0.2) is 12.4 Å². The monoisotopic (exact) mass is 484 g/mol. The van der Waals surface area contributed by atoms with Gasteiger partial charge in [0.05, 0.1) is 12.0 Å². The van der Waals surface area contributed by atoms with E-state index in [2.05, 4.69) is 22.2 Å². The number of carbonyl (C=O) groups is 1. The van der Waals surface area contributed by atoms with Gasteiger partial charge in [-0.2, -0.15) is 9.97 Å². The van der Waals surface area contributed by atoms with Gasteiger partial charge in [-0.1, -0.05) is 58.3 Å². The zero-order chi connectivity index (χ0) is 23.8. The van der Waals surface area contributed by atoms with Crippen molar-refractivity contribution in [3.05, 3.63) is 17.5 Å². The average Bonchev–Trinajstić information content (AvgIpc) is 3.33. The number of hydrogen-bond donors (Lipinski definition) is 3. The van der Waals surface area contributed by atoms with E-state index in [0.29, 0.717) is 11.8 Å². The Labute approximate surface area is 198 Å². The fourth-order valence-electron chi connectivity index (χ4n) is 4.18. The molecule has 0 spiro atoms. The molecule has 1 amide bonds. The van der Waals surface area contributed by atoms with E-state index < -0.39 is 31.2 Å². The Morgan fingerprint density at radius 2 is 1.85 bits per heavy atom. The van der Waals surface area contributed by atoms with Gasteiger partial charge in [-0.25, -0.2) is 4.39 Å². The molecule has 8 nitrogen and oxygen atoms in total. The van der Waals surface area contributed by atoms with E-state index in [4.69, 9.17) is 16.3 Å². The summed E-state index contributed by atoms with van der Waals surface area (Å²) in [6.07, 6.45) is 7.02. The van der Waals surface area contributed by atoms with Crippen LogP contribution in [0.4, 0.5) is 10.2 Å². The molecule has 3 rings (SSSR count). The summed E-state index contributed by atoms with van der Waals surface area (Å²) in [5.74, 6) is 0.0790. The topological polar surface area (TPSA) is 110 Å². The highest BCUT2D eigenvalue weighted by molar-refractivity contribution is 6.28. The Morgan fingerprint density at radius 3 is 2.48 bits per heavy atom. The van der Waals surface area contributed by atoms with E-state index in [1.807, 2.05) is 0 Å². The highest BCUT2D eigenvalue weighted by Crippen LogP contribution is 2.35. The van der Waals surface area contributed by atoms with Crippen molar-refractivity contribution in [2.45, 2.75) is 95.7 Å². The third kappa shape index (κ3) is 6.62. The number of aromatic nitrogens is 3. The lowest BCUT2D eigenvalue weighted by Crippen LogP contribution is -2.30. The highest BCUT2D eigenvalue weighted by atomic mass is 35.5. The molecule has 3 N–H and O–H groups in total. The fraction of sp³-hybridized carbons (Fsp3) is 0.696. The molecule has 1 saturated heterocycles. The number of alkyl halides is 1. The number of anilines is 1. The summed E-state index contributed by atoms with van der Waals surface area (Å²) in [7, 11) is 0. The Bertz CT molecular complexity index is 912. The lowest BCUT2D eigenvalue weighted by atomic mass is 10.1. The molecule has 1 aliphatic rings. The summed E-state index contributed by atoms with van der Waals surface area (Å²) in [5.41, 5.74) is 0.270. The third-order valence-electron chi connectivity index (χ3n) is 6.06. The normalized spacial score (nSPS) is 22.8. The second kappa shape index (κ2) is 12.6. The molecular formula is C23H34ClFN4O4. The predicted octanol–water partition coefficient (Wildman–Crippen LogP) is 4.53. The fourth-order valence-corrected chi connectivity index (χ4v) is 4.34. The number of carbonyl (C=O) groups excluding carboxylic acids is 1. The van der Waals surface area contributed by atoms with Crippen molar-refractivity contribution in [3.8, 4) is 0 Å². The number of hydrogen-bond acceptors (Lipinski definition) is 6. The molecule has 3 heterocycles. The maximum atomic E-state index is 14.6. The van der Waals surface area contributed by atoms with Crippen molar-refractivity contribution in [2.24, 2.45) is 0 Å². The van der Waals surface area contributed by atoms with Crippen molar-refractivity contribution < 1.29 is 24.1 Å². The molecule has 0 saturated carbocycles. The number of aliphatic hydroxyl groups excluding tert-OH is 2. The van der Waals surface area contributed by atoms with Gasteiger partial charge < -0.3 is 24.8 Å². The van der Waals surface area contributed by atoms with Crippen LogP contribution in [0.3, 0.4) is 0 Å². The number of aliphatic hydroxyl groups is 2. The van der Waals surface area contributed by atoms with Crippen LogP contribution in [-0.2, 0) is 9.53 Å². The Hall–Kier alpha value is -1.81. The molecule has 0 aromatic carbocycles. The van der Waals surface area contributed by atoms with Crippen LogP contribution >= 0.6 is 11.6 Å². The van der Waals surface area contributed by atoms with Crippen LogP contribution in [0.1, 0.15) is 77.4 Å². The number of unbranched alkanes of at least 4 members (excludes halogenated alkanes) is 8. The number of nitrogens with one attached hydrogen (secondary N) is 1. The molecular weight excluding hydrogens is 451 g/mol. The van der Waals surface area contributed by atoms with E-state index in [-0.39, 0.29) is 22.7 Å². The second-order valence-electron chi connectivity index (χ2n) is 8.61. The number of nitrogens with zero attached hydrogens (tertiary/aromatic N) is 3. The maximum Gasteiger partial charge on any atom is 0.226 e. The summed E-state index contributed by atoms with van der Waals surface area (Å²) >= 11 is 6.06. The first-order valence-corrected chi connectivity index (χ1v) is 12.3. The Balaban J connectivity index is 1.55. The SMILES string of the molecule is CCCCCCCCCCCC(=O)Nc1nc(Cl)nc2c1ccn2[C@@H]1O[C@H](CO)C(O)[C@H]1F. The largest absolute Gasteiger partial charge is 0.394 e. The number of halogens is 2. The van der Waals surface area contributed by atoms with Crippen LogP contribution < -0.4 is 5.32 Å². The molecule has 4 atom stereocenters. The zero-order valence-corrected chi connectivity index (χ0v) is 19.8. The zero-order valence-electron chi connectivity index (χ0n) is 19.1. The van der Waals surface area contributed by atoms with Crippen LogP contribution in [0.5, 0.6) is 0 Å². The minimum atomic E-state index is -1.75. The predicted molar refractivity (Wildman–Crippen MR) is 125 cm³/mol. The van der Waals surface area contributed by atoms with E-state index >= 15 is 0 Å². The molecule has 0 radical (unpaired) electrons. The molecule has 1 fully saturated rings. The molecule has 33 heavy (non-hydrogen) atoms. The van der Waals surface area contributed by atoms with Crippen molar-refractivity contribution in [2.75, 3.05) is 11.9 Å². The lowest BCUT2D eigenvalue weighted by molar-refractivity contribution is -0.116. The summed E-state index contributed by atoms with van der Waals surface area (Å²) in [6.45, 7) is 1.70. The number of fused-ring (bicyclic) bond motifs is 1. The summed E-state index contributed by atoms with van der Waals surface area (Å²) < 4.78 is 21.4. The molecule has 2 aromatic rings. The Kier molecular flexibility index (Phi) is 9.85. The first kappa shape index (κ1) is 25.8. The van der Waals surface area contributed by atoms with Crippen LogP contribution in [-0.4, -0.2) is 55.6 Å². The second-order valence-corrected chi connectivity index (χ2v) is 8.95. The first-order valence-electron chi connectivity index (χ1n) is 11.9. The van der Waals surface area contributed by atoms with Crippen LogP contribution in [0, 0.1) is 0 Å². The van der Waals surface area contributed by atoms with Crippen LogP contribution in [0.15, 0.2) is 12.3 Å². The molecule has 2 aromatic heterocycles. The van der Waals surface area contributed by atoms with E-state index in [1.54, 1.807) is 6.07 Å². The maximum absolute atomic E-state index is 14.6. The summed E-state index contributed by atoms with van der Waals surface area (Å²) in [5, 5.41) is 22.4. The average molecular weight is 485 g/mol. The highest BCUT2D eigenvalue weighted by Gasteiger charge is 2.45. The van der Waals surface area contributed by atoms with Gasteiger partial charge >= 0.3 is 0 Å². The van der Waals surface area contributed by atoms with Gasteiger partial charge in [-0.3, -0.25) is 4.79 Å². The summed E-state index contributed by atoms with van der Waals surface area (Å²) in [4.78, 5) is 20.7. The van der Waals surface area contributed by atoms with Gasteiger partial charge in [0.1, 0.15) is 23.7 Å². The molecule has 10 heteroatoms. The first-order chi connectivity index (χ1) is 16.0. The van der Waals surface area contributed by atoms with Crippen LogP contribution in [0.2, 0.25) is 5.28 Å². The van der Waals surface area contributed by atoms with Crippen molar-refractivity contribution in [3.63, 3.8) is 0 Å². The Morgan fingerprint density at radius 1 is 1.18 bits per heavy atom. The summed E-state index contributed by atoms with van der Waals surface area (Å²) in [6, 6.07) is 1.63.